The van der Waals surface area contributed by atoms with Crippen LogP contribution in [0.1, 0.15) is 24.2 Å². The summed E-state index contributed by atoms with van der Waals surface area (Å²) in [5, 5.41) is 9.89. The molecule has 2 aromatic heterocycles. The van der Waals surface area contributed by atoms with Gasteiger partial charge in [-0.2, -0.15) is 4.98 Å². The summed E-state index contributed by atoms with van der Waals surface area (Å²) >= 11 is 0. The van der Waals surface area contributed by atoms with Gasteiger partial charge in [-0.15, -0.1) is 5.10 Å². The number of rotatable bonds is 6. The van der Waals surface area contributed by atoms with Crippen LogP contribution < -0.4 is 10.2 Å². The van der Waals surface area contributed by atoms with E-state index in [9.17, 15) is 4.79 Å². The van der Waals surface area contributed by atoms with Crippen LogP contribution in [-0.2, 0) is 17.6 Å². The maximum absolute atomic E-state index is 12.7. The second-order valence-corrected chi connectivity index (χ2v) is 6.91. The molecule has 0 saturated carbocycles. The van der Waals surface area contributed by atoms with E-state index in [1.165, 1.54) is 5.56 Å². The van der Waals surface area contributed by atoms with E-state index in [-0.39, 0.29) is 11.8 Å². The molecule has 0 bridgehead atoms. The Morgan fingerprint density at radius 3 is 2.79 bits per heavy atom. The number of benzene rings is 1. The Labute approximate surface area is 163 Å². The van der Waals surface area contributed by atoms with Crippen LogP contribution in [0.25, 0.3) is 0 Å². The summed E-state index contributed by atoms with van der Waals surface area (Å²) in [7, 11) is 0. The fourth-order valence-electron chi connectivity index (χ4n) is 3.41. The first-order chi connectivity index (χ1) is 13.8. The molecule has 28 heavy (non-hydrogen) atoms. The number of aromatic amines is 1. The molecule has 2 N–H and O–H groups in total. The normalized spacial score (nSPS) is 16.7. The predicted octanol–water partition coefficient (Wildman–Crippen LogP) is 2.23. The molecule has 4 rings (SSSR count). The molecule has 8 nitrogen and oxygen atoms in total. The summed E-state index contributed by atoms with van der Waals surface area (Å²) in [6.07, 6.45) is 6.81. The summed E-state index contributed by atoms with van der Waals surface area (Å²) in [5.41, 5.74) is 1.25. The molecule has 3 heterocycles. The van der Waals surface area contributed by atoms with Crippen LogP contribution >= 0.6 is 0 Å². The number of piperidine rings is 1. The second-order valence-electron chi connectivity index (χ2n) is 6.91. The number of anilines is 2. The Morgan fingerprint density at radius 1 is 1.14 bits per heavy atom. The number of hydrogen-bond acceptors (Lipinski definition) is 6. The molecule has 1 aliphatic heterocycles. The van der Waals surface area contributed by atoms with Crippen molar-refractivity contribution in [2.75, 3.05) is 23.3 Å². The predicted molar refractivity (Wildman–Crippen MR) is 106 cm³/mol. The van der Waals surface area contributed by atoms with E-state index in [0.717, 1.165) is 38.1 Å². The molecule has 1 aromatic carbocycles. The topological polar surface area (TPSA) is 99.7 Å². The standard InChI is InChI=1S/C20H23N7O/c28-18(16-8-4-13-27(14-16)20-21-11-5-12-22-20)24-19-23-17(25-26-19)10-9-15-6-2-1-3-7-15/h1-3,5-7,11-12,16H,4,8-10,13-14H2,(H2,23,24,25,26,28)/t16-/m0/s1. The van der Waals surface area contributed by atoms with Gasteiger partial charge in [0.25, 0.3) is 0 Å². The van der Waals surface area contributed by atoms with E-state index in [1.54, 1.807) is 18.5 Å². The molecule has 0 spiro atoms. The Morgan fingerprint density at radius 2 is 1.96 bits per heavy atom. The number of nitrogens with zero attached hydrogens (tertiary/aromatic N) is 5. The van der Waals surface area contributed by atoms with Crippen LogP contribution in [0.4, 0.5) is 11.9 Å². The monoisotopic (exact) mass is 377 g/mol. The Hall–Kier alpha value is -3.29. The van der Waals surface area contributed by atoms with Gasteiger partial charge in [0, 0.05) is 31.9 Å². The maximum atomic E-state index is 12.7. The van der Waals surface area contributed by atoms with E-state index >= 15 is 0 Å². The summed E-state index contributed by atoms with van der Waals surface area (Å²) in [6.45, 7) is 1.46. The number of H-pyrrole nitrogens is 1. The number of hydrogen-bond donors (Lipinski definition) is 2. The average Bonchev–Trinajstić information content (AvgIpc) is 3.21. The van der Waals surface area contributed by atoms with Crippen molar-refractivity contribution in [2.24, 2.45) is 5.92 Å². The zero-order chi connectivity index (χ0) is 19.2. The Bertz CT molecular complexity index is 897. The highest BCUT2D eigenvalue weighted by Crippen LogP contribution is 2.21. The number of nitrogens with one attached hydrogen (secondary N) is 2. The van der Waals surface area contributed by atoms with Crippen molar-refractivity contribution in [3.05, 3.63) is 60.2 Å². The van der Waals surface area contributed by atoms with Crippen molar-refractivity contribution in [3.63, 3.8) is 0 Å². The molecule has 0 radical (unpaired) electrons. The zero-order valence-corrected chi connectivity index (χ0v) is 15.6. The first-order valence-corrected chi connectivity index (χ1v) is 9.56. The highest BCUT2D eigenvalue weighted by atomic mass is 16.2. The third-order valence-electron chi connectivity index (χ3n) is 4.89. The Balaban J connectivity index is 1.31. The summed E-state index contributed by atoms with van der Waals surface area (Å²) < 4.78 is 0. The quantitative estimate of drug-likeness (QED) is 0.683. The minimum Gasteiger partial charge on any atom is -0.340 e. The van der Waals surface area contributed by atoms with Crippen LogP contribution in [0.2, 0.25) is 0 Å². The molecule has 1 amide bonds. The van der Waals surface area contributed by atoms with Gasteiger partial charge in [-0.05, 0) is 30.9 Å². The number of carbonyl (C=O) groups excluding carboxylic acids is 1. The fourth-order valence-corrected chi connectivity index (χ4v) is 3.41. The van der Waals surface area contributed by atoms with Crippen LogP contribution in [0, 0.1) is 5.92 Å². The number of carbonyl (C=O) groups is 1. The molecule has 8 heteroatoms. The van der Waals surface area contributed by atoms with Gasteiger partial charge in [-0.1, -0.05) is 30.3 Å². The summed E-state index contributed by atoms with van der Waals surface area (Å²) in [6, 6.07) is 12.0. The van der Waals surface area contributed by atoms with E-state index in [1.807, 2.05) is 18.2 Å². The van der Waals surface area contributed by atoms with Crippen LogP contribution in [0.15, 0.2) is 48.8 Å². The smallest absolute Gasteiger partial charge is 0.248 e. The number of amides is 1. The Kier molecular flexibility index (Phi) is 5.56. The lowest BCUT2D eigenvalue weighted by atomic mass is 9.97. The van der Waals surface area contributed by atoms with E-state index in [2.05, 4.69) is 47.5 Å². The largest absolute Gasteiger partial charge is 0.340 e. The van der Waals surface area contributed by atoms with E-state index < -0.39 is 0 Å². The lowest BCUT2D eigenvalue weighted by molar-refractivity contribution is -0.120. The van der Waals surface area contributed by atoms with Crippen LogP contribution in [0.5, 0.6) is 0 Å². The molecule has 0 aliphatic carbocycles. The molecule has 3 aromatic rings. The van der Waals surface area contributed by atoms with E-state index in [4.69, 9.17) is 0 Å². The van der Waals surface area contributed by atoms with Crippen molar-refractivity contribution in [1.29, 1.82) is 0 Å². The number of aromatic nitrogens is 5. The van der Waals surface area contributed by atoms with Gasteiger partial charge in [0.05, 0.1) is 5.92 Å². The van der Waals surface area contributed by atoms with Crippen molar-refractivity contribution in [3.8, 4) is 0 Å². The van der Waals surface area contributed by atoms with Crippen molar-refractivity contribution >= 4 is 17.8 Å². The maximum Gasteiger partial charge on any atom is 0.248 e. The fraction of sp³-hybridized carbons (Fsp3) is 0.350. The van der Waals surface area contributed by atoms with Crippen LogP contribution in [0.3, 0.4) is 0 Å². The molecule has 1 aliphatic rings. The second kappa shape index (κ2) is 8.60. The zero-order valence-electron chi connectivity index (χ0n) is 15.6. The lowest BCUT2D eigenvalue weighted by Crippen LogP contribution is -2.41. The SMILES string of the molecule is O=C(Nc1n[nH]c(CCc2ccccc2)n1)[C@H]1CCCN(c2ncccn2)C1. The van der Waals surface area contributed by atoms with E-state index in [0.29, 0.717) is 18.4 Å². The first-order valence-electron chi connectivity index (χ1n) is 9.56. The molecule has 1 fully saturated rings. The molecule has 0 unspecified atom stereocenters. The third kappa shape index (κ3) is 4.51. The van der Waals surface area contributed by atoms with Gasteiger partial charge in [0.1, 0.15) is 5.82 Å². The van der Waals surface area contributed by atoms with Crippen LogP contribution in [-0.4, -0.2) is 44.1 Å². The first kappa shape index (κ1) is 18.1. The third-order valence-corrected chi connectivity index (χ3v) is 4.89. The molecule has 1 saturated heterocycles. The molecule has 144 valence electrons. The van der Waals surface area contributed by atoms with Gasteiger partial charge in [-0.3, -0.25) is 15.2 Å². The summed E-state index contributed by atoms with van der Waals surface area (Å²) in [4.78, 5) is 27.7. The minimum atomic E-state index is -0.135. The lowest BCUT2D eigenvalue weighted by Gasteiger charge is -2.31. The highest BCUT2D eigenvalue weighted by molar-refractivity contribution is 5.91. The molecule has 1 atom stereocenters. The van der Waals surface area contributed by atoms with Gasteiger partial charge >= 0.3 is 0 Å². The average molecular weight is 377 g/mol. The highest BCUT2D eigenvalue weighted by Gasteiger charge is 2.27. The van der Waals surface area contributed by atoms with Crippen molar-refractivity contribution < 1.29 is 4.79 Å². The molecular formula is C20H23N7O. The van der Waals surface area contributed by atoms with Crippen molar-refractivity contribution in [2.45, 2.75) is 25.7 Å². The minimum absolute atomic E-state index is 0.0609. The van der Waals surface area contributed by atoms with Gasteiger partial charge in [0.2, 0.25) is 17.8 Å². The van der Waals surface area contributed by atoms with Gasteiger partial charge in [-0.25, -0.2) is 9.97 Å². The number of aryl methyl sites for hydroxylation is 2. The van der Waals surface area contributed by atoms with Gasteiger partial charge < -0.3 is 4.90 Å². The van der Waals surface area contributed by atoms with Crippen molar-refractivity contribution in [1.82, 2.24) is 25.1 Å². The summed E-state index contributed by atoms with van der Waals surface area (Å²) in [5.74, 6) is 1.57. The van der Waals surface area contributed by atoms with Gasteiger partial charge in [0.15, 0.2) is 0 Å². The molecular weight excluding hydrogens is 354 g/mol.